The van der Waals surface area contributed by atoms with Gasteiger partial charge in [-0.1, -0.05) is 91.0 Å². The number of benzene rings is 4. The van der Waals surface area contributed by atoms with E-state index in [9.17, 15) is 10.1 Å². The Labute approximate surface area is 212 Å². The van der Waals surface area contributed by atoms with Crippen molar-refractivity contribution < 1.29 is 4.92 Å². The maximum absolute atomic E-state index is 11.9. The molecular formula is C30H30N4O2. The SMILES string of the molecule is O=[N+]([O-])c1ccc(N2CCN(Cc3ccccc3)CC2)cc1NC(c1ccccc1)c1ccccc1. The molecule has 6 heteroatoms. The second-order valence-corrected chi connectivity index (χ2v) is 9.11. The molecule has 4 aromatic carbocycles. The Morgan fingerprint density at radius 1 is 0.750 bits per heavy atom. The van der Waals surface area contributed by atoms with Crippen molar-refractivity contribution in [2.75, 3.05) is 36.4 Å². The second kappa shape index (κ2) is 11.1. The number of rotatable bonds is 8. The van der Waals surface area contributed by atoms with E-state index < -0.39 is 0 Å². The third kappa shape index (κ3) is 5.56. The minimum atomic E-state index is -0.309. The van der Waals surface area contributed by atoms with Gasteiger partial charge in [0.1, 0.15) is 5.69 Å². The van der Waals surface area contributed by atoms with Crippen LogP contribution in [0.15, 0.2) is 109 Å². The maximum atomic E-state index is 11.9. The highest BCUT2D eigenvalue weighted by atomic mass is 16.6. The van der Waals surface area contributed by atoms with Crippen molar-refractivity contribution in [2.45, 2.75) is 12.6 Å². The van der Waals surface area contributed by atoms with Gasteiger partial charge in [-0.2, -0.15) is 0 Å². The van der Waals surface area contributed by atoms with Gasteiger partial charge in [0.05, 0.1) is 11.0 Å². The van der Waals surface area contributed by atoms with Gasteiger partial charge in [-0.25, -0.2) is 0 Å². The Kier molecular flexibility index (Phi) is 7.24. The molecule has 1 saturated heterocycles. The molecule has 36 heavy (non-hydrogen) atoms. The average molecular weight is 479 g/mol. The molecule has 4 aromatic rings. The molecular weight excluding hydrogens is 448 g/mol. The molecule has 0 atom stereocenters. The molecule has 1 aliphatic heterocycles. The average Bonchev–Trinajstić information content (AvgIpc) is 2.93. The highest BCUT2D eigenvalue weighted by Crippen LogP contribution is 2.35. The number of nitro benzene ring substituents is 1. The van der Waals surface area contributed by atoms with Crippen molar-refractivity contribution in [2.24, 2.45) is 0 Å². The second-order valence-electron chi connectivity index (χ2n) is 9.11. The number of hydrogen-bond acceptors (Lipinski definition) is 5. The molecule has 0 spiro atoms. The van der Waals surface area contributed by atoms with E-state index in [1.807, 2.05) is 78.9 Å². The van der Waals surface area contributed by atoms with Crippen molar-refractivity contribution in [3.63, 3.8) is 0 Å². The van der Waals surface area contributed by atoms with Crippen LogP contribution in [-0.4, -0.2) is 36.0 Å². The zero-order valence-corrected chi connectivity index (χ0v) is 20.2. The van der Waals surface area contributed by atoms with Crippen LogP contribution in [0.25, 0.3) is 0 Å². The summed E-state index contributed by atoms with van der Waals surface area (Å²) >= 11 is 0. The molecule has 0 unspecified atom stereocenters. The highest BCUT2D eigenvalue weighted by molar-refractivity contribution is 5.70. The Bertz CT molecular complexity index is 1230. The smallest absolute Gasteiger partial charge is 0.292 e. The van der Waals surface area contributed by atoms with Gasteiger partial charge in [-0.3, -0.25) is 15.0 Å². The fourth-order valence-corrected chi connectivity index (χ4v) is 4.81. The van der Waals surface area contributed by atoms with Crippen molar-refractivity contribution in [1.29, 1.82) is 0 Å². The lowest BCUT2D eigenvalue weighted by Crippen LogP contribution is -2.46. The molecule has 1 fully saturated rings. The van der Waals surface area contributed by atoms with Crippen LogP contribution in [0, 0.1) is 10.1 Å². The van der Waals surface area contributed by atoms with Gasteiger partial charge in [0.15, 0.2) is 0 Å². The molecule has 6 nitrogen and oxygen atoms in total. The summed E-state index contributed by atoms with van der Waals surface area (Å²) in [5.41, 5.74) is 5.04. The van der Waals surface area contributed by atoms with E-state index in [-0.39, 0.29) is 16.7 Å². The van der Waals surface area contributed by atoms with Gasteiger partial charge in [-0.05, 0) is 28.8 Å². The number of piperazine rings is 1. The molecule has 0 bridgehead atoms. The summed E-state index contributed by atoms with van der Waals surface area (Å²) in [6.07, 6.45) is 0. The van der Waals surface area contributed by atoms with Crippen LogP contribution in [-0.2, 0) is 6.54 Å². The molecule has 1 aliphatic rings. The number of hydrogen-bond donors (Lipinski definition) is 1. The molecule has 0 amide bonds. The largest absolute Gasteiger partial charge is 0.369 e. The molecule has 0 aromatic heterocycles. The van der Waals surface area contributed by atoms with Crippen LogP contribution >= 0.6 is 0 Å². The molecule has 0 radical (unpaired) electrons. The van der Waals surface area contributed by atoms with Crippen LogP contribution in [0.3, 0.4) is 0 Å². The predicted octanol–water partition coefficient (Wildman–Crippen LogP) is 6.12. The number of nitro groups is 1. The summed E-state index contributed by atoms with van der Waals surface area (Å²) in [7, 11) is 0. The summed E-state index contributed by atoms with van der Waals surface area (Å²) in [6, 6.07) is 35.9. The van der Waals surface area contributed by atoms with Gasteiger partial charge in [-0.15, -0.1) is 0 Å². The number of nitrogens with zero attached hydrogens (tertiary/aromatic N) is 3. The van der Waals surface area contributed by atoms with Gasteiger partial charge in [0.2, 0.25) is 0 Å². The van der Waals surface area contributed by atoms with Crippen molar-refractivity contribution in [3.8, 4) is 0 Å². The first-order chi connectivity index (χ1) is 17.7. The molecule has 5 rings (SSSR count). The first-order valence-electron chi connectivity index (χ1n) is 12.3. The predicted molar refractivity (Wildman–Crippen MR) is 145 cm³/mol. The van der Waals surface area contributed by atoms with Gasteiger partial charge >= 0.3 is 0 Å². The van der Waals surface area contributed by atoms with E-state index in [2.05, 4.69) is 39.4 Å². The monoisotopic (exact) mass is 478 g/mol. The summed E-state index contributed by atoms with van der Waals surface area (Å²) in [6.45, 7) is 4.60. The molecule has 0 aliphatic carbocycles. The van der Waals surface area contributed by atoms with Crippen molar-refractivity contribution in [1.82, 2.24) is 4.90 Å². The third-order valence-electron chi connectivity index (χ3n) is 6.73. The van der Waals surface area contributed by atoms with E-state index in [0.717, 1.165) is 49.5 Å². The normalized spacial score (nSPS) is 14.1. The van der Waals surface area contributed by atoms with Crippen LogP contribution < -0.4 is 10.2 Å². The van der Waals surface area contributed by atoms with Crippen LogP contribution in [0.1, 0.15) is 22.7 Å². The first-order valence-corrected chi connectivity index (χ1v) is 12.3. The Morgan fingerprint density at radius 3 is 1.86 bits per heavy atom. The van der Waals surface area contributed by atoms with Gasteiger partial charge in [0, 0.05) is 44.5 Å². The summed E-state index contributed by atoms with van der Waals surface area (Å²) in [5, 5.41) is 15.4. The standard InChI is InChI=1S/C30H30N4O2/c35-34(36)29-17-16-27(33-20-18-32(19-21-33)23-24-10-4-1-5-11-24)22-28(29)31-30(25-12-6-2-7-13-25)26-14-8-3-9-15-26/h1-17,22,30-31H,18-21,23H2. The number of nitrogens with one attached hydrogen (secondary N) is 1. The van der Waals surface area contributed by atoms with Gasteiger partial charge in [0.25, 0.3) is 5.69 Å². The minimum absolute atomic E-state index is 0.0818. The fraction of sp³-hybridized carbons (Fsp3) is 0.200. The highest BCUT2D eigenvalue weighted by Gasteiger charge is 2.23. The first kappa shape index (κ1) is 23.6. The van der Waals surface area contributed by atoms with Crippen molar-refractivity contribution >= 4 is 17.1 Å². The maximum Gasteiger partial charge on any atom is 0.292 e. The van der Waals surface area contributed by atoms with E-state index in [1.54, 1.807) is 6.07 Å². The number of anilines is 2. The van der Waals surface area contributed by atoms with Crippen molar-refractivity contribution in [3.05, 3.63) is 136 Å². The van der Waals surface area contributed by atoms with E-state index in [4.69, 9.17) is 0 Å². The van der Waals surface area contributed by atoms with Crippen LogP contribution in [0.2, 0.25) is 0 Å². The molecule has 182 valence electrons. The molecule has 0 saturated carbocycles. The minimum Gasteiger partial charge on any atom is -0.369 e. The summed E-state index contributed by atoms with van der Waals surface area (Å²) in [4.78, 5) is 16.4. The lowest BCUT2D eigenvalue weighted by atomic mass is 9.98. The summed E-state index contributed by atoms with van der Waals surface area (Å²) in [5.74, 6) is 0. The van der Waals surface area contributed by atoms with Crippen LogP contribution in [0.4, 0.5) is 17.1 Å². The van der Waals surface area contributed by atoms with Crippen LogP contribution in [0.5, 0.6) is 0 Å². The Balaban J connectivity index is 1.37. The third-order valence-corrected chi connectivity index (χ3v) is 6.73. The fourth-order valence-electron chi connectivity index (χ4n) is 4.81. The zero-order valence-electron chi connectivity index (χ0n) is 20.2. The Hall–Kier alpha value is -4.16. The molecule has 1 N–H and O–H groups in total. The van der Waals surface area contributed by atoms with E-state index in [1.165, 1.54) is 5.56 Å². The molecule has 1 heterocycles. The van der Waals surface area contributed by atoms with E-state index >= 15 is 0 Å². The summed E-state index contributed by atoms with van der Waals surface area (Å²) < 4.78 is 0. The lowest BCUT2D eigenvalue weighted by molar-refractivity contribution is -0.384. The Morgan fingerprint density at radius 2 is 1.31 bits per heavy atom. The topological polar surface area (TPSA) is 61.7 Å². The van der Waals surface area contributed by atoms with Gasteiger partial charge < -0.3 is 10.2 Å². The van der Waals surface area contributed by atoms with E-state index in [0.29, 0.717) is 5.69 Å². The zero-order chi connectivity index (χ0) is 24.7. The lowest BCUT2D eigenvalue weighted by Gasteiger charge is -2.36. The quantitative estimate of drug-likeness (QED) is 0.244.